The summed E-state index contributed by atoms with van der Waals surface area (Å²) in [6.07, 6.45) is 2.11. The largest absolute Gasteiger partial charge is 0.481 e. The Hall–Kier alpha value is -1.94. The van der Waals surface area contributed by atoms with E-state index in [1.165, 1.54) is 10.9 Å². The Bertz CT molecular complexity index is 622. The lowest BCUT2D eigenvalue weighted by molar-refractivity contribution is -0.137. The van der Waals surface area contributed by atoms with Crippen molar-refractivity contribution in [1.29, 1.82) is 0 Å². The fourth-order valence-corrected chi connectivity index (χ4v) is 2.88. The van der Waals surface area contributed by atoms with E-state index in [4.69, 9.17) is 10.8 Å². The van der Waals surface area contributed by atoms with Gasteiger partial charge in [0.2, 0.25) is 15.9 Å². The molecule has 1 rings (SSSR count). The lowest BCUT2D eigenvalue weighted by Crippen LogP contribution is -2.47. The van der Waals surface area contributed by atoms with Crippen molar-refractivity contribution in [1.82, 2.24) is 14.5 Å². The highest BCUT2D eigenvalue weighted by Gasteiger charge is 2.27. The van der Waals surface area contributed by atoms with E-state index >= 15 is 0 Å². The second-order valence-corrected chi connectivity index (χ2v) is 6.54. The van der Waals surface area contributed by atoms with Crippen LogP contribution in [0.2, 0.25) is 0 Å². The summed E-state index contributed by atoms with van der Waals surface area (Å²) >= 11 is 0. The van der Waals surface area contributed by atoms with E-state index in [-0.39, 0.29) is 23.8 Å². The minimum absolute atomic E-state index is 0.0499. The molecule has 1 aromatic rings. The van der Waals surface area contributed by atoms with Gasteiger partial charge >= 0.3 is 5.97 Å². The molecule has 1 amide bonds. The Morgan fingerprint density at radius 1 is 1.48 bits per heavy atom. The smallest absolute Gasteiger partial charge is 0.305 e. The lowest BCUT2D eigenvalue weighted by Gasteiger charge is -2.18. The van der Waals surface area contributed by atoms with E-state index in [0.717, 1.165) is 6.20 Å². The van der Waals surface area contributed by atoms with Crippen LogP contribution in [-0.4, -0.2) is 41.2 Å². The molecule has 1 heterocycles. The molecule has 0 aliphatic carbocycles. The molecule has 0 fully saturated rings. The van der Waals surface area contributed by atoms with Crippen molar-refractivity contribution in [3.8, 4) is 0 Å². The van der Waals surface area contributed by atoms with Crippen molar-refractivity contribution < 1.29 is 23.1 Å². The van der Waals surface area contributed by atoms with Crippen molar-refractivity contribution in [2.75, 3.05) is 0 Å². The van der Waals surface area contributed by atoms with E-state index in [0.29, 0.717) is 0 Å². The molecule has 0 saturated carbocycles. The highest BCUT2D eigenvalue weighted by molar-refractivity contribution is 7.89. The lowest BCUT2D eigenvalue weighted by atomic mass is 10.1. The number of carbonyl (C=O) groups excluding carboxylic acids is 1. The first-order valence-electron chi connectivity index (χ1n) is 6.19. The third-order valence-electron chi connectivity index (χ3n) is 2.73. The number of amides is 1. The maximum Gasteiger partial charge on any atom is 0.305 e. The first-order chi connectivity index (χ1) is 9.63. The van der Waals surface area contributed by atoms with Crippen LogP contribution in [0.3, 0.4) is 0 Å². The molecule has 1 aromatic heterocycles. The molecule has 0 spiro atoms. The van der Waals surface area contributed by atoms with Crippen LogP contribution in [0.5, 0.6) is 0 Å². The molecule has 0 bridgehead atoms. The number of aryl methyl sites for hydroxylation is 1. The molecule has 118 valence electrons. The molecule has 0 saturated heterocycles. The fraction of sp³-hybridized carbons (Fsp3) is 0.545. The average molecular weight is 318 g/mol. The summed E-state index contributed by atoms with van der Waals surface area (Å²) in [5, 5.41) is 12.3. The number of sulfonamides is 1. The van der Waals surface area contributed by atoms with E-state index in [1.807, 2.05) is 0 Å². The molecule has 0 aliphatic rings. The van der Waals surface area contributed by atoms with Gasteiger partial charge < -0.3 is 10.8 Å². The minimum atomic E-state index is -3.95. The number of nitrogens with one attached hydrogen (secondary N) is 1. The van der Waals surface area contributed by atoms with Crippen LogP contribution < -0.4 is 10.5 Å². The van der Waals surface area contributed by atoms with Crippen molar-refractivity contribution in [2.45, 2.75) is 37.8 Å². The number of primary amides is 1. The highest BCUT2D eigenvalue weighted by atomic mass is 32.2. The van der Waals surface area contributed by atoms with Crippen LogP contribution >= 0.6 is 0 Å². The van der Waals surface area contributed by atoms with Crippen LogP contribution in [0, 0.1) is 5.92 Å². The van der Waals surface area contributed by atoms with E-state index < -0.39 is 27.9 Å². The number of hydrogen-bond donors (Lipinski definition) is 3. The summed E-state index contributed by atoms with van der Waals surface area (Å²) in [5.74, 6) is -2.09. The number of nitrogens with zero attached hydrogens (tertiary/aromatic N) is 2. The van der Waals surface area contributed by atoms with Crippen molar-refractivity contribution >= 4 is 21.9 Å². The van der Waals surface area contributed by atoms with Gasteiger partial charge in [-0.15, -0.1) is 0 Å². The molecule has 0 radical (unpaired) electrons. The zero-order valence-electron chi connectivity index (χ0n) is 11.7. The Morgan fingerprint density at radius 3 is 2.57 bits per heavy atom. The van der Waals surface area contributed by atoms with Gasteiger partial charge in [0.15, 0.2) is 0 Å². The quantitative estimate of drug-likeness (QED) is 0.569. The van der Waals surface area contributed by atoms with Crippen molar-refractivity contribution in [3.05, 3.63) is 12.4 Å². The number of aromatic nitrogens is 2. The van der Waals surface area contributed by atoms with Gasteiger partial charge in [-0.3, -0.25) is 14.3 Å². The molecule has 21 heavy (non-hydrogen) atoms. The van der Waals surface area contributed by atoms with Gasteiger partial charge in [0, 0.05) is 6.20 Å². The molecule has 1 unspecified atom stereocenters. The van der Waals surface area contributed by atoms with Gasteiger partial charge in [0.25, 0.3) is 0 Å². The average Bonchev–Trinajstić information content (AvgIpc) is 2.82. The second kappa shape index (κ2) is 6.68. The molecule has 9 nitrogen and oxygen atoms in total. The number of carboxylic acid groups (broad SMARTS) is 1. The van der Waals surface area contributed by atoms with Crippen molar-refractivity contribution in [2.24, 2.45) is 11.7 Å². The summed E-state index contributed by atoms with van der Waals surface area (Å²) in [6, 6.07) is -1.03. The highest BCUT2D eigenvalue weighted by Crippen LogP contribution is 2.11. The maximum absolute atomic E-state index is 12.1. The zero-order valence-corrected chi connectivity index (χ0v) is 12.5. The third kappa shape index (κ3) is 4.83. The van der Waals surface area contributed by atoms with E-state index in [1.54, 1.807) is 13.8 Å². The van der Waals surface area contributed by atoms with E-state index in [9.17, 15) is 18.0 Å². The topological polar surface area (TPSA) is 144 Å². The molecule has 10 heteroatoms. The number of rotatable bonds is 8. The SMILES string of the molecule is CC(C)C(NS(=O)(=O)c1cnn(CCC(=O)O)c1)C(N)=O. The molecule has 0 aliphatic heterocycles. The van der Waals surface area contributed by atoms with E-state index in [2.05, 4.69) is 9.82 Å². The van der Waals surface area contributed by atoms with Crippen LogP contribution in [0.15, 0.2) is 17.3 Å². The summed E-state index contributed by atoms with van der Waals surface area (Å²) in [4.78, 5) is 21.5. The molecular formula is C11H18N4O5S. The van der Waals surface area contributed by atoms with Crippen LogP contribution in [0.25, 0.3) is 0 Å². The van der Waals surface area contributed by atoms with Crippen LogP contribution in [0.4, 0.5) is 0 Å². The second-order valence-electron chi connectivity index (χ2n) is 4.83. The number of carboxylic acids is 1. The first kappa shape index (κ1) is 17.1. The summed E-state index contributed by atoms with van der Waals surface area (Å²) < 4.78 is 27.6. The monoisotopic (exact) mass is 318 g/mol. The molecular weight excluding hydrogens is 300 g/mol. The Kier molecular flexibility index (Phi) is 5.44. The van der Waals surface area contributed by atoms with Gasteiger partial charge in [-0.2, -0.15) is 9.82 Å². The third-order valence-corrected chi connectivity index (χ3v) is 4.13. The molecule has 1 atom stereocenters. The number of aliphatic carboxylic acids is 1. The summed E-state index contributed by atoms with van der Waals surface area (Å²) in [7, 11) is -3.95. The van der Waals surface area contributed by atoms with Crippen LogP contribution in [0.1, 0.15) is 20.3 Å². The number of carbonyl (C=O) groups is 2. The van der Waals surface area contributed by atoms with Gasteiger partial charge in [-0.1, -0.05) is 13.8 Å². The van der Waals surface area contributed by atoms with Crippen molar-refractivity contribution in [3.63, 3.8) is 0 Å². The van der Waals surface area contributed by atoms with Gasteiger partial charge in [-0.25, -0.2) is 8.42 Å². The van der Waals surface area contributed by atoms with Gasteiger partial charge in [0.1, 0.15) is 10.9 Å². The summed E-state index contributed by atoms with van der Waals surface area (Å²) in [6.45, 7) is 3.37. The predicted molar refractivity (Wildman–Crippen MR) is 72.6 cm³/mol. The number of nitrogens with two attached hydrogens (primary N) is 1. The number of hydrogen-bond acceptors (Lipinski definition) is 5. The minimum Gasteiger partial charge on any atom is -0.481 e. The predicted octanol–water partition coefficient (Wildman–Crippen LogP) is -0.854. The maximum atomic E-state index is 12.1. The Balaban J connectivity index is 2.88. The van der Waals surface area contributed by atoms with Crippen LogP contribution in [-0.2, 0) is 26.2 Å². The Morgan fingerprint density at radius 2 is 2.10 bits per heavy atom. The molecule has 0 aromatic carbocycles. The Labute approximate surface area is 122 Å². The summed E-state index contributed by atoms with van der Waals surface area (Å²) in [5.41, 5.74) is 5.16. The fourth-order valence-electron chi connectivity index (χ4n) is 1.57. The first-order valence-corrected chi connectivity index (χ1v) is 7.67. The zero-order chi connectivity index (χ0) is 16.2. The van der Waals surface area contributed by atoms with Gasteiger partial charge in [0.05, 0.1) is 19.2 Å². The normalized spacial score (nSPS) is 13.3. The molecule has 4 N–H and O–H groups in total. The standard InChI is InChI=1S/C11H18N4O5S/c1-7(2)10(11(12)18)14-21(19,20)8-5-13-15(6-8)4-3-9(16)17/h5-7,10,14H,3-4H2,1-2H3,(H2,12,18)(H,16,17). The van der Waals surface area contributed by atoms with Gasteiger partial charge in [-0.05, 0) is 5.92 Å².